The zero-order chi connectivity index (χ0) is 6.24. The summed E-state index contributed by atoms with van der Waals surface area (Å²) >= 11 is 5.32. The van der Waals surface area contributed by atoms with Gasteiger partial charge in [0, 0.05) is 5.88 Å². The molecule has 0 bridgehead atoms. The van der Waals surface area contributed by atoms with Gasteiger partial charge in [0.2, 0.25) is 0 Å². The maximum absolute atomic E-state index is 9.83. The van der Waals surface area contributed by atoms with E-state index in [1.807, 2.05) is 12.2 Å². The molecule has 0 unspecified atom stereocenters. The second-order valence-corrected chi connectivity index (χ2v) is 1.78. The van der Waals surface area contributed by atoms with Crippen LogP contribution in [0, 0.1) is 0 Å². The number of allylic oxidation sites excluding steroid dienone is 2. The topological polar surface area (TPSA) is 23.1 Å². The van der Waals surface area contributed by atoms with Gasteiger partial charge in [-0.15, -0.1) is 18.2 Å². The molecule has 0 aliphatic heterocycles. The summed E-state index contributed by atoms with van der Waals surface area (Å²) in [6.45, 7) is 0.0205. The molecule has 0 aromatic rings. The van der Waals surface area contributed by atoms with Crippen LogP contribution in [-0.4, -0.2) is 12.5 Å². The third-order valence-corrected chi connectivity index (χ3v) is 0.949. The Labute approximate surface area is 55.0 Å². The van der Waals surface area contributed by atoms with Gasteiger partial charge in [-0.1, -0.05) is 18.6 Å². The van der Waals surface area contributed by atoms with Crippen molar-refractivity contribution in [3.05, 3.63) is 12.2 Å². The van der Waals surface area contributed by atoms with Crippen molar-refractivity contribution in [2.24, 2.45) is 0 Å². The number of hydrogen-bond acceptors (Lipinski definition) is 1. The molecular formula is C6H10ClO-. The van der Waals surface area contributed by atoms with E-state index in [1.165, 1.54) is 0 Å². The normalized spacial score (nSPS) is 10.8. The highest BCUT2D eigenvalue weighted by molar-refractivity contribution is 6.18. The highest BCUT2D eigenvalue weighted by Gasteiger charge is 1.71. The minimum Gasteiger partial charge on any atom is -0.854 e. The average molecular weight is 134 g/mol. The van der Waals surface area contributed by atoms with Gasteiger partial charge in [-0.05, 0) is 6.42 Å². The number of unbranched alkanes of at least 4 members (excludes halogenated alkanes) is 1. The van der Waals surface area contributed by atoms with Crippen LogP contribution in [0.1, 0.15) is 12.8 Å². The quantitative estimate of drug-likeness (QED) is 0.318. The van der Waals surface area contributed by atoms with E-state index in [0.29, 0.717) is 5.88 Å². The van der Waals surface area contributed by atoms with E-state index in [1.54, 1.807) is 0 Å². The van der Waals surface area contributed by atoms with E-state index in [9.17, 15) is 5.11 Å². The van der Waals surface area contributed by atoms with Crippen LogP contribution in [0.5, 0.6) is 0 Å². The van der Waals surface area contributed by atoms with E-state index in [4.69, 9.17) is 11.6 Å². The smallest absolute Gasteiger partial charge is 0.0404 e. The Balaban J connectivity index is 2.80. The molecule has 0 fully saturated rings. The fraction of sp³-hybridized carbons (Fsp3) is 0.667. The van der Waals surface area contributed by atoms with Crippen molar-refractivity contribution in [2.45, 2.75) is 12.8 Å². The van der Waals surface area contributed by atoms with Crippen LogP contribution in [-0.2, 0) is 0 Å². The van der Waals surface area contributed by atoms with Gasteiger partial charge in [-0.2, -0.15) is 0 Å². The lowest BCUT2D eigenvalue weighted by Crippen LogP contribution is -2.03. The molecule has 1 nitrogen and oxygen atoms in total. The van der Waals surface area contributed by atoms with E-state index in [-0.39, 0.29) is 6.61 Å². The zero-order valence-corrected chi connectivity index (χ0v) is 5.53. The Morgan fingerprint density at radius 3 is 2.62 bits per heavy atom. The van der Waals surface area contributed by atoms with E-state index in [0.717, 1.165) is 12.8 Å². The first-order chi connectivity index (χ1) is 3.91. The van der Waals surface area contributed by atoms with Gasteiger partial charge in [-0.3, -0.25) is 0 Å². The average Bonchev–Trinajstić information content (AvgIpc) is 1.81. The molecule has 0 atom stereocenters. The molecule has 0 aromatic carbocycles. The fourth-order valence-electron chi connectivity index (χ4n) is 0.382. The van der Waals surface area contributed by atoms with Crippen molar-refractivity contribution >= 4 is 11.6 Å². The van der Waals surface area contributed by atoms with Crippen LogP contribution in [0.15, 0.2) is 12.2 Å². The Morgan fingerprint density at radius 1 is 1.38 bits per heavy atom. The van der Waals surface area contributed by atoms with Gasteiger partial charge in [0.1, 0.15) is 0 Å². The molecule has 2 heteroatoms. The van der Waals surface area contributed by atoms with Crippen molar-refractivity contribution in [1.82, 2.24) is 0 Å². The van der Waals surface area contributed by atoms with Crippen molar-refractivity contribution in [3.8, 4) is 0 Å². The third kappa shape index (κ3) is 5.99. The third-order valence-electron chi connectivity index (χ3n) is 0.771. The molecule has 8 heavy (non-hydrogen) atoms. The van der Waals surface area contributed by atoms with Gasteiger partial charge < -0.3 is 5.11 Å². The summed E-state index contributed by atoms with van der Waals surface area (Å²) in [5, 5.41) is 9.83. The molecule has 0 aliphatic rings. The molecule has 0 amide bonds. The number of rotatable bonds is 4. The van der Waals surface area contributed by atoms with Crippen LogP contribution in [0.3, 0.4) is 0 Å². The molecule has 0 aromatic heterocycles. The SMILES string of the molecule is [O-]CCC/C=C/CCl. The van der Waals surface area contributed by atoms with Crippen molar-refractivity contribution in [1.29, 1.82) is 0 Å². The van der Waals surface area contributed by atoms with Gasteiger partial charge >= 0.3 is 0 Å². The van der Waals surface area contributed by atoms with Crippen LogP contribution >= 0.6 is 11.6 Å². The lowest BCUT2D eigenvalue weighted by molar-refractivity contribution is -0.368. The molecular weight excluding hydrogens is 124 g/mol. The summed E-state index contributed by atoms with van der Waals surface area (Å²) in [6, 6.07) is 0. The van der Waals surface area contributed by atoms with Crippen LogP contribution in [0.4, 0.5) is 0 Å². The highest BCUT2D eigenvalue weighted by atomic mass is 35.5. The van der Waals surface area contributed by atoms with Crippen molar-refractivity contribution < 1.29 is 5.11 Å². The number of halogens is 1. The molecule has 0 radical (unpaired) electrons. The number of hydrogen-bond donors (Lipinski definition) is 0. The van der Waals surface area contributed by atoms with E-state index < -0.39 is 0 Å². The predicted molar refractivity (Wildman–Crippen MR) is 34.0 cm³/mol. The molecule has 0 saturated carbocycles. The summed E-state index contributed by atoms with van der Waals surface area (Å²) in [6.07, 6.45) is 5.39. The summed E-state index contributed by atoms with van der Waals surface area (Å²) < 4.78 is 0. The second kappa shape index (κ2) is 6.99. The van der Waals surface area contributed by atoms with Gasteiger partial charge in [0.15, 0.2) is 0 Å². The lowest BCUT2D eigenvalue weighted by atomic mass is 10.3. The van der Waals surface area contributed by atoms with Gasteiger partial charge in [0.05, 0.1) is 0 Å². The molecule has 0 heterocycles. The van der Waals surface area contributed by atoms with E-state index in [2.05, 4.69) is 0 Å². The Kier molecular flexibility index (Phi) is 6.98. The molecule has 0 N–H and O–H groups in total. The standard InChI is InChI=1S/C6H10ClO/c7-5-3-1-2-4-6-8/h1,3H,2,4-6H2/q-1/b3-1+. The number of alkyl halides is 1. The Hall–Kier alpha value is -0.0100. The molecule has 0 rings (SSSR count). The molecule has 0 saturated heterocycles. The molecule has 0 spiro atoms. The van der Waals surface area contributed by atoms with E-state index >= 15 is 0 Å². The monoisotopic (exact) mass is 133 g/mol. The lowest BCUT2D eigenvalue weighted by Gasteiger charge is -1.96. The maximum atomic E-state index is 9.83. The van der Waals surface area contributed by atoms with Gasteiger partial charge in [-0.25, -0.2) is 0 Å². The van der Waals surface area contributed by atoms with Gasteiger partial charge in [0.25, 0.3) is 0 Å². The summed E-state index contributed by atoms with van der Waals surface area (Å²) in [5.41, 5.74) is 0. The van der Waals surface area contributed by atoms with Crippen molar-refractivity contribution in [3.63, 3.8) is 0 Å². The summed E-state index contributed by atoms with van der Waals surface area (Å²) in [5.74, 6) is 0.554. The minimum absolute atomic E-state index is 0.0205. The first kappa shape index (κ1) is 7.99. The van der Waals surface area contributed by atoms with Crippen LogP contribution in [0.2, 0.25) is 0 Å². The summed E-state index contributed by atoms with van der Waals surface area (Å²) in [7, 11) is 0. The largest absolute Gasteiger partial charge is 0.854 e. The maximum Gasteiger partial charge on any atom is 0.0404 e. The Morgan fingerprint density at radius 2 is 2.12 bits per heavy atom. The van der Waals surface area contributed by atoms with Crippen LogP contribution < -0.4 is 5.11 Å². The fourth-order valence-corrected chi connectivity index (χ4v) is 0.508. The minimum atomic E-state index is 0.0205. The first-order valence-corrected chi connectivity index (χ1v) is 3.24. The van der Waals surface area contributed by atoms with Crippen LogP contribution in [0.25, 0.3) is 0 Å². The second-order valence-electron chi connectivity index (χ2n) is 1.47. The first-order valence-electron chi connectivity index (χ1n) is 2.71. The molecule has 48 valence electrons. The highest BCUT2D eigenvalue weighted by Crippen LogP contribution is 1.88. The zero-order valence-electron chi connectivity index (χ0n) is 4.77. The molecule has 0 aliphatic carbocycles. The van der Waals surface area contributed by atoms with Crippen molar-refractivity contribution in [2.75, 3.05) is 12.5 Å². The predicted octanol–water partition coefficient (Wildman–Crippen LogP) is 0.922. The summed E-state index contributed by atoms with van der Waals surface area (Å²) in [4.78, 5) is 0. The Bertz CT molecular complexity index is 61.5.